The van der Waals surface area contributed by atoms with Gasteiger partial charge >= 0.3 is 16.6 Å². The van der Waals surface area contributed by atoms with Crippen molar-refractivity contribution in [2.24, 2.45) is 0 Å². The van der Waals surface area contributed by atoms with Crippen LogP contribution in [-0.4, -0.2) is 8.42 Å². The van der Waals surface area contributed by atoms with Crippen molar-refractivity contribution in [3.05, 3.63) is 35.9 Å². The zero-order valence-electron chi connectivity index (χ0n) is 6.99. The molecule has 1 rings (SSSR count). The summed E-state index contributed by atoms with van der Waals surface area (Å²) in [6.07, 6.45) is 0. The van der Waals surface area contributed by atoms with Gasteiger partial charge in [-0.3, -0.25) is 4.18 Å². The first-order chi connectivity index (χ1) is 6.52. The Bertz CT molecular complexity index is 454. The summed E-state index contributed by atoms with van der Waals surface area (Å²) < 4.78 is 46.0. The van der Waals surface area contributed by atoms with Crippen molar-refractivity contribution in [1.82, 2.24) is 0 Å². The SMILES string of the molecule is O=P(=O)S(=O)(=O)OCc1ccccc1. The molecule has 0 aliphatic rings. The van der Waals surface area contributed by atoms with Crippen molar-refractivity contribution in [2.45, 2.75) is 6.61 Å². The topological polar surface area (TPSA) is 77.5 Å². The molecule has 0 saturated heterocycles. The van der Waals surface area contributed by atoms with E-state index in [9.17, 15) is 17.5 Å². The Morgan fingerprint density at radius 3 is 2.21 bits per heavy atom. The molecule has 0 fully saturated rings. The molecule has 1 aromatic carbocycles. The van der Waals surface area contributed by atoms with Gasteiger partial charge in [0.05, 0.1) is 6.61 Å². The van der Waals surface area contributed by atoms with Gasteiger partial charge < -0.3 is 0 Å². The van der Waals surface area contributed by atoms with E-state index in [0.717, 1.165) is 0 Å². The van der Waals surface area contributed by atoms with Crippen LogP contribution in [0.15, 0.2) is 30.3 Å². The quantitative estimate of drug-likeness (QED) is 0.739. The standard InChI is InChI=1S/C7H7O5PS/c8-13(9)14(10,11)12-6-7-4-2-1-3-5-7/h1-5H,6H2. The highest BCUT2D eigenvalue weighted by Gasteiger charge is 2.17. The van der Waals surface area contributed by atoms with Crippen LogP contribution in [0.1, 0.15) is 5.56 Å². The number of hydrogen-bond donors (Lipinski definition) is 0. The molecule has 0 aliphatic heterocycles. The van der Waals surface area contributed by atoms with E-state index in [1.54, 1.807) is 30.3 Å². The van der Waals surface area contributed by atoms with Gasteiger partial charge in [-0.2, -0.15) is 8.42 Å². The molecule has 1 aromatic rings. The third kappa shape index (κ3) is 3.06. The van der Waals surface area contributed by atoms with Crippen LogP contribution in [0, 0.1) is 0 Å². The fourth-order valence-corrected chi connectivity index (χ4v) is 1.55. The van der Waals surface area contributed by atoms with Crippen molar-refractivity contribution < 1.29 is 21.7 Å². The summed E-state index contributed by atoms with van der Waals surface area (Å²) in [6.45, 7) is -3.86. The van der Waals surface area contributed by atoms with Gasteiger partial charge in [-0.15, -0.1) is 0 Å². The Kier molecular flexibility index (Phi) is 3.57. The third-order valence-electron chi connectivity index (χ3n) is 1.40. The zero-order valence-corrected chi connectivity index (χ0v) is 8.70. The second kappa shape index (κ2) is 4.50. The Labute approximate surface area is 81.4 Å². The lowest BCUT2D eigenvalue weighted by Crippen LogP contribution is -1.98. The zero-order chi connectivity index (χ0) is 10.6. The smallest absolute Gasteiger partial charge is 0.254 e. The van der Waals surface area contributed by atoms with E-state index in [-0.39, 0.29) is 6.61 Å². The third-order valence-corrected chi connectivity index (χ3v) is 3.59. The molecular weight excluding hydrogens is 227 g/mol. The average Bonchev–Trinajstić information content (AvgIpc) is 2.16. The number of hydrogen-bond acceptors (Lipinski definition) is 5. The largest absolute Gasteiger partial charge is 0.463 e. The summed E-state index contributed by atoms with van der Waals surface area (Å²) >= 11 is 0. The second-order valence-electron chi connectivity index (χ2n) is 2.40. The van der Waals surface area contributed by atoms with Gasteiger partial charge in [0.1, 0.15) is 0 Å². The van der Waals surface area contributed by atoms with Gasteiger partial charge in [-0.25, -0.2) is 9.13 Å². The summed E-state index contributed by atoms with van der Waals surface area (Å²) in [5, 5.41) is 0. The average molecular weight is 234 g/mol. The van der Waals surface area contributed by atoms with Crippen LogP contribution in [0.25, 0.3) is 0 Å². The molecule has 0 aliphatic carbocycles. The molecule has 0 unspecified atom stereocenters. The maximum Gasteiger partial charge on any atom is 0.463 e. The van der Waals surface area contributed by atoms with E-state index < -0.39 is 16.6 Å². The van der Waals surface area contributed by atoms with E-state index in [1.165, 1.54) is 0 Å². The molecule has 76 valence electrons. The molecule has 14 heavy (non-hydrogen) atoms. The van der Waals surface area contributed by atoms with Crippen LogP contribution < -0.4 is 0 Å². The molecule has 0 aromatic heterocycles. The fraction of sp³-hybridized carbons (Fsp3) is 0.143. The van der Waals surface area contributed by atoms with E-state index in [1.807, 2.05) is 0 Å². The highest BCUT2D eigenvalue weighted by atomic mass is 32.8. The monoisotopic (exact) mass is 234 g/mol. The van der Waals surface area contributed by atoms with Gasteiger partial charge in [0.2, 0.25) is 0 Å². The first-order valence-corrected chi connectivity index (χ1v) is 6.79. The molecule has 0 amide bonds. The molecular formula is C7H7O5PS. The lowest BCUT2D eigenvalue weighted by molar-refractivity contribution is 0.316. The van der Waals surface area contributed by atoms with Crippen molar-refractivity contribution in [1.29, 1.82) is 0 Å². The predicted octanol–water partition coefficient (Wildman–Crippen LogP) is 1.62. The van der Waals surface area contributed by atoms with E-state index in [4.69, 9.17) is 0 Å². The molecule has 0 radical (unpaired) electrons. The molecule has 0 atom stereocenters. The van der Waals surface area contributed by atoms with Gasteiger partial charge in [-0.1, -0.05) is 30.3 Å². The predicted molar refractivity (Wildman–Crippen MR) is 48.4 cm³/mol. The number of rotatable bonds is 4. The highest BCUT2D eigenvalue weighted by molar-refractivity contribution is 8.39. The Hall–Kier alpha value is -0.970. The Morgan fingerprint density at radius 2 is 1.71 bits per heavy atom. The van der Waals surface area contributed by atoms with Crippen molar-refractivity contribution in [3.63, 3.8) is 0 Å². The highest BCUT2D eigenvalue weighted by Crippen LogP contribution is 2.19. The second-order valence-corrected chi connectivity index (χ2v) is 6.17. The molecule has 0 saturated carbocycles. The number of benzene rings is 1. The summed E-state index contributed by atoms with van der Waals surface area (Å²) in [7, 11) is -4.44. The summed E-state index contributed by atoms with van der Waals surface area (Å²) in [4.78, 5) is 0. The Balaban J connectivity index is 2.67. The van der Waals surface area contributed by atoms with Crippen molar-refractivity contribution >= 4 is 16.6 Å². The lowest BCUT2D eigenvalue weighted by atomic mass is 10.2. The van der Waals surface area contributed by atoms with Crippen LogP contribution in [0.3, 0.4) is 0 Å². The van der Waals surface area contributed by atoms with Crippen LogP contribution in [-0.2, 0) is 29.7 Å². The van der Waals surface area contributed by atoms with Gasteiger partial charge in [0, 0.05) is 0 Å². The minimum atomic E-state index is -4.44. The van der Waals surface area contributed by atoms with Gasteiger partial charge in [0.25, 0.3) is 0 Å². The maximum atomic E-state index is 10.7. The normalized spacial score (nSPS) is 11.1. The summed E-state index contributed by atoms with van der Waals surface area (Å²) in [6, 6.07) is 8.41. The molecule has 0 N–H and O–H groups in total. The minimum Gasteiger partial charge on any atom is -0.254 e. The summed E-state index contributed by atoms with van der Waals surface area (Å²) in [5.74, 6) is 0. The van der Waals surface area contributed by atoms with Crippen molar-refractivity contribution in [3.8, 4) is 0 Å². The summed E-state index contributed by atoms with van der Waals surface area (Å²) in [5.41, 5.74) is 0.591. The lowest BCUT2D eigenvalue weighted by Gasteiger charge is -1.98. The van der Waals surface area contributed by atoms with Crippen LogP contribution in [0.2, 0.25) is 0 Å². The fourth-order valence-electron chi connectivity index (χ4n) is 0.760. The van der Waals surface area contributed by atoms with Crippen LogP contribution >= 0.6 is 6.88 Å². The van der Waals surface area contributed by atoms with Gasteiger partial charge in [-0.05, 0) is 5.56 Å². The van der Waals surface area contributed by atoms with Crippen molar-refractivity contribution in [2.75, 3.05) is 0 Å². The molecule has 5 nitrogen and oxygen atoms in total. The van der Waals surface area contributed by atoms with Gasteiger partial charge in [0.15, 0.2) is 0 Å². The maximum absolute atomic E-state index is 10.7. The minimum absolute atomic E-state index is 0.271. The van der Waals surface area contributed by atoms with Crippen LogP contribution in [0.5, 0.6) is 0 Å². The van der Waals surface area contributed by atoms with E-state index >= 15 is 0 Å². The van der Waals surface area contributed by atoms with E-state index in [0.29, 0.717) is 5.56 Å². The van der Waals surface area contributed by atoms with E-state index in [2.05, 4.69) is 4.18 Å². The molecule has 7 heteroatoms. The first-order valence-electron chi connectivity index (χ1n) is 3.60. The molecule has 0 bridgehead atoms. The Morgan fingerprint density at radius 1 is 1.14 bits per heavy atom. The van der Waals surface area contributed by atoms with Crippen LogP contribution in [0.4, 0.5) is 0 Å². The molecule has 0 spiro atoms. The molecule has 0 heterocycles. The first kappa shape index (κ1) is 11.1.